The minimum absolute atomic E-state index is 0.144. The van der Waals surface area contributed by atoms with Crippen molar-refractivity contribution in [3.8, 4) is 5.75 Å². The monoisotopic (exact) mass is 329 g/mol. The summed E-state index contributed by atoms with van der Waals surface area (Å²) in [7, 11) is 1.59. The standard InChI is InChI=1S/C18H19NO5/c1-22-15-9-7-14(8-10-15)16-11-17(20)24-19(16)18(21)23-12-13-5-3-2-4-6-13/h2-10,16-17,20H,11-12H2,1H3/t16-,17-/m0/s1. The maximum Gasteiger partial charge on any atom is 0.434 e. The lowest BCUT2D eigenvalue weighted by atomic mass is 10.0. The Morgan fingerprint density at radius 1 is 1.21 bits per heavy atom. The smallest absolute Gasteiger partial charge is 0.434 e. The molecule has 0 saturated carbocycles. The van der Waals surface area contributed by atoms with E-state index in [1.807, 2.05) is 42.5 Å². The van der Waals surface area contributed by atoms with E-state index in [1.54, 1.807) is 19.2 Å². The Balaban J connectivity index is 1.68. The molecule has 3 rings (SSSR count). The maximum absolute atomic E-state index is 12.3. The van der Waals surface area contributed by atoms with Crippen molar-refractivity contribution < 1.29 is 24.2 Å². The number of amides is 1. The molecule has 2 aromatic carbocycles. The van der Waals surface area contributed by atoms with E-state index in [4.69, 9.17) is 14.3 Å². The van der Waals surface area contributed by atoms with Gasteiger partial charge in [0.15, 0.2) is 6.29 Å². The van der Waals surface area contributed by atoms with Crippen LogP contribution in [0.25, 0.3) is 0 Å². The molecule has 126 valence electrons. The van der Waals surface area contributed by atoms with Crippen molar-refractivity contribution in [3.05, 3.63) is 65.7 Å². The number of ether oxygens (including phenoxy) is 2. The second-order valence-electron chi connectivity index (χ2n) is 5.45. The van der Waals surface area contributed by atoms with Crippen LogP contribution in [0.3, 0.4) is 0 Å². The van der Waals surface area contributed by atoms with E-state index >= 15 is 0 Å². The highest BCUT2D eigenvalue weighted by molar-refractivity contribution is 5.67. The minimum Gasteiger partial charge on any atom is -0.497 e. The highest BCUT2D eigenvalue weighted by Gasteiger charge is 2.38. The first-order valence-corrected chi connectivity index (χ1v) is 7.66. The van der Waals surface area contributed by atoms with Gasteiger partial charge in [-0.15, -0.1) is 0 Å². The summed E-state index contributed by atoms with van der Waals surface area (Å²) < 4.78 is 10.4. The van der Waals surface area contributed by atoms with Crippen molar-refractivity contribution in [3.63, 3.8) is 0 Å². The molecule has 1 aliphatic rings. The number of carbonyl (C=O) groups excluding carboxylic acids is 1. The fourth-order valence-corrected chi connectivity index (χ4v) is 2.59. The van der Waals surface area contributed by atoms with Gasteiger partial charge in [0.05, 0.1) is 13.2 Å². The molecule has 6 heteroatoms. The van der Waals surface area contributed by atoms with Crippen LogP contribution in [0.2, 0.25) is 0 Å². The van der Waals surface area contributed by atoms with Crippen LogP contribution < -0.4 is 4.74 Å². The van der Waals surface area contributed by atoms with Gasteiger partial charge in [-0.25, -0.2) is 9.63 Å². The largest absolute Gasteiger partial charge is 0.497 e. The zero-order chi connectivity index (χ0) is 16.9. The molecule has 0 bridgehead atoms. The van der Waals surface area contributed by atoms with Gasteiger partial charge in [0.25, 0.3) is 0 Å². The van der Waals surface area contributed by atoms with Gasteiger partial charge in [0, 0.05) is 6.42 Å². The number of carbonyl (C=O) groups is 1. The van der Waals surface area contributed by atoms with Crippen molar-refractivity contribution >= 4 is 6.09 Å². The number of aliphatic hydroxyl groups excluding tert-OH is 1. The van der Waals surface area contributed by atoms with E-state index in [-0.39, 0.29) is 13.0 Å². The van der Waals surface area contributed by atoms with Gasteiger partial charge < -0.3 is 14.6 Å². The Labute approximate surface area is 140 Å². The third-order valence-corrected chi connectivity index (χ3v) is 3.83. The minimum atomic E-state index is -1.04. The van der Waals surface area contributed by atoms with Gasteiger partial charge in [-0.2, -0.15) is 5.06 Å². The van der Waals surface area contributed by atoms with E-state index < -0.39 is 18.4 Å². The lowest BCUT2D eigenvalue weighted by Crippen LogP contribution is -2.30. The summed E-state index contributed by atoms with van der Waals surface area (Å²) in [6, 6.07) is 16.2. The summed E-state index contributed by atoms with van der Waals surface area (Å²) >= 11 is 0. The number of hydroxylamine groups is 2. The quantitative estimate of drug-likeness (QED) is 0.934. The molecule has 24 heavy (non-hydrogen) atoms. The maximum atomic E-state index is 12.3. The summed E-state index contributed by atoms with van der Waals surface area (Å²) in [6.07, 6.45) is -1.38. The molecule has 1 fully saturated rings. The van der Waals surface area contributed by atoms with Crippen LogP contribution in [0, 0.1) is 0 Å². The molecule has 6 nitrogen and oxygen atoms in total. The molecule has 2 atom stereocenters. The molecule has 0 radical (unpaired) electrons. The van der Waals surface area contributed by atoms with Gasteiger partial charge in [-0.3, -0.25) is 0 Å². The van der Waals surface area contributed by atoms with Gasteiger partial charge >= 0.3 is 6.09 Å². The molecule has 0 aliphatic carbocycles. The van der Waals surface area contributed by atoms with Crippen molar-refractivity contribution in [2.45, 2.75) is 25.4 Å². The fourth-order valence-electron chi connectivity index (χ4n) is 2.59. The molecule has 0 spiro atoms. The molecule has 2 aromatic rings. The Kier molecular flexibility index (Phi) is 4.98. The Morgan fingerprint density at radius 2 is 1.92 bits per heavy atom. The van der Waals surface area contributed by atoms with E-state index in [1.165, 1.54) is 0 Å². The molecule has 0 unspecified atom stereocenters. The first-order chi connectivity index (χ1) is 11.7. The first-order valence-electron chi connectivity index (χ1n) is 7.66. The summed E-state index contributed by atoms with van der Waals surface area (Å²) in [5.74, 6) is 0.719. The van der Waals surface area contributed by atoms with Gasteiger partial charge in [-0.1, -0.05) is 42.5 Å². The van der Waals surface area contributed by atoms with Crippen LogP contribution in [0.4, 0.5) is 4.79 Å². The molecular weight excluding hydrogens is 310 g/mol. The van der Waals surface area contributed by atoms with Crippen LogP contribution in [0.5, 0.6) is 5.75 Å². The normalized spacial score (nSPS) is 20.0. The lowest BCUT2D eigenvalue weighted by molar-refractivity contribution is -0.202. The Hall–Kier alpha value is -2.57. The number of nitrogens with zero attached hydrogens (tertiary/aromatic N) is 1. The van der Waals surface area contributed by atoms with Gasteiger partial charge in [-0.05, 0) is 23.3 Å². The summed E-state index contributed by atoms with van der Waals surface area (Å²) in [6.45, 7) is 0.144. The topological polar surface area (TPSA) is 68.2 Å². The number of rotatable bonds is 4. The van der Waals surface area contributed by atoms with Crippen LogP contribution in [-0.2, 0) is 16.2 Å². The SMILES string of the molecule is COc1ccc([C@@H]2C[C@@H](O)ON2C(=O)OCc2ccccc2)cc1. The van der Waals surface area contributed by atoms with Gasteiger partial charge in [0.2, 0.25) is 0 Å². The number of methoxy groups -OCH3 is 1. The number of hydrogen-bond donors (Lipinski definition) is 1. The molecule has 1 N–H and O–H groups in total. The molecule has 0 aromatic heterocycles. The zero-order valence-electron chi connectivity index (χ0n) is 13.3. The van der Waals surface area contributed by atoms with Crippen molar-refractivity contribution in [1.29, 1.82) is 0 Å². The summed E-state index contributed by atoms with van der Waals surface area (Å²) in [4.78, 5) is 17.5. The Bertz CT molecular complexity index is 674. The molecular formula is C18H19NO5. The molecule has 1 heterocycles. The van der Waals surface area contributed by atoms with Crippen molar-refractivity contribution in [1.82, 2.24) is 5.06 Å². The van der Waals surface area contributed by atoms with E-state index in [2.05, 4.69) is 0 Å². The first kappa shape index (κ1) is 16.3. The van der Waals surface area contributed by atoms with Crippen LogP contribution in [0.1, 0.15) is 23.6 Å². The second kappa shape index (κ2) is 7.33. The van der Waals surface area contributed by atoms with Crippen LogP contribution in [0.15, 0.2) is 54.6 Å². The van der Waals surface area contributed by atoms with E-state index in [9.17, 15) is 9.90 Å². The number of aliphatic hydroxyl groups is 1. The highest BCUT2D eigenvalue weighted by atomic mass is 16.8. The highest BCUT2D eigenvalue weighted by Crippen LogP contribution is 2.34. The number of hydrogen-bond acceptors (Lipinski definition) is 5. The molecule has 1 amide bonds. The van der Waals surface area contributed by atoms with Gasteiger partial charge in [0.1, 0.15) is 12.4 Å². The van der Waals surface area contributed by atoms with Crippen molar-refractivity contribution in [2.75, 3.05) is 7.11 Å². The van der Waals surface area contributed by atoms with E-state index in [0.717, 1.165) is 21.9 Å². The molecule has 1 aliphatic heterocycles. The predicted octanol–water partition coefficient (Wildman–Crippen LogP) is 3.03. The van der Waals surface area contributed by atoms with Crippen LogP contribution in [-0.4, -0.2) is 29.7 Å². The Morgan fingerprint density at radius 3 is 2.58 bits per heavy atom. The van der Waals surface area contributed by atoms with Crippen LogP contribution >= 0.6 is 0 Å². The zero-order valence-corrected chi connectivity index (χ0v) is 13.3. The fraction of sp³-hybridized carbons (Fsp3) is 0.278. The lowest BCUT2D eigenvalue weighted by Gasteiger charge is -2.22. The van der Waals surface area contributed by atoms with Crippen molar-refractivity contribution in [2.24, 2.45) is 0 Å². The third-order valence-electron chi connectivity index (χ3n) is 3.83. The third kappa shape index (κ3) is 3.67. The summed E-state index contributed by atoms with van der Waals surface area (Å²) in [5.41, 5.74) is 1.72. The molecule has 1 saturated heterocycles. The summed E-state index contributed by atoms with van der Waals surface area (Å²) in [5, 5.41) is 10.9. The average molecular weight is 329 g/mol. The second-order valence-corrected chi connectivity index (χ2v) is 5.45. The van der Waals surface area contributed by atoms with E-state index in [0.29, 0.717) is 0 Å². The average Bonchev–Trinajstić information content (AvgIpc) is 3.02. The predicted molar refractivity (Wildman–Crippen MR) is 85.9 cm³/mol. The number of benzene rings is 2.